The first-order valence-electron chi connectivity index (χ1n) is 11.2. The molecule has 2 saturated heterocycles. The molecule has 3 aliphatic heterocycles. The molecule has 7 heteroatoms. The molecule has 2 aromatic carbocycles. The third-order valence-corrected chi connectivity index (χ3v) is 7.18. The van der Waals surface area contributed by atoms with E-state index in [1.54, 1.807) is 4.90 Å². The monoisotopic (exact) mass is 451 g/mol. The van der Waals surface area contributed by atoms with Crippen molar-refractivity contribution in [2.24, 2.45) is 0 Å². The van der Waals surface area contributed by atoms with Gasteiger partial charge < -0.3 is 4.90 Å². The Morgan fingerprint density at radius 1 is 0.969 bits per heavy atom. The van der Waals surface area contributed by atoms with E-state index in [0.29, 0.717) is 24.4 Å². The molecule has 0 bridgehead atoms. The second-order valence-corrected chi connectivity index (χ2v) is 9.43. The van der Waals surface area contributed by atoms with E-state index in [9.17, 15) is 14.4 Å². The van der Waals surface area contributed by atoms with Crippen molar-refractivity contribution in [3.8, 4) is 0 Å². The highest BCUT2D eigenvalue weighted by Crippen LogP contribution is 2.34. The number of halogens is 1. The van der Waals surface area contributed by atoms with Gasteiger partial charge in [-0.1, -0.05) is 35.9 Å². The predicted octanol–water partition coefficient (Wildman–Crippen LogP) is 3.48. The zero-order valence-corrected chi connectivity index (χ0v) is 18.6. The third kappa shape index (κ3) is 4.17. The van der Waals surface area contributed by atoms with Crippen LogP contribution in [0.2, 0.25) is 5.02 Å². The molecule has 0 aromatic heterocycles. The van der Waals surface area contributed by atoms with Gasteiger partial charge >= 0.3 is 0 Å². The van der Waals surface area contributed by atoms with Gasteiger partial charge in [-0.15, -0.1) is 0 Å². The van der Waals surface area contributed by atoms with E-state index in [-0.39, 0.29) is 24.1 Å². The van der Waals surface area contributed by atoms with Crippen LogP contribution in [-0.2, 0) is 22.7 Å². The van der Waals surface area contributed by atoms with Crippen LogP contribution in [-0.4, -0.2) is 46.7 Å². The van der Waals surface area contributed by atoms with E-state index in [1.807, 2.05) is 18.2 Å². The number of piperidine rings is 2. The summed E-state index contributed by atoms with van der Waals surface area (Å²) in [5.41, 5.74) is 4.21. The van der Waals surface area contributed by atoms with Crippen molar-refractivity contribution >= 4 is 29.3 Å². The van der Waals surface area contributed by atoms with Gasteiger partial charge in [0.1, 0.15) is 6.04 Å². The van der Waals surface area contributed by atoms with Crippen molar-refractivity contribution in [1.82, 2.24) is 15.1 Å². The summed E-state index contributed by atoms with van der Waals surface area (Å²) in [5.74, 6) is -0.267. The van der Waals surface area contributed by atoms with E-state index >= 15 is 0 Å². The minimum Gasteiger partial charge on any atom is -0.322 e. The Labute approximate surface area is 192 Å². The number of nitrogens with one attached hydrogen (secondary N) is 1. The van der Waals surface area contributed by atoms with Crippen LogP contribution in [0.25, 0.3) is 0 Å². The molecule has 3 heterocycles. The molecule has 1 N–H and O–H groups in total. The highest BCUT2D eigenvalue weighted by molar-refractivity contribution is 6.30. The van der Waals surface area contributed by atoms with Crippen LogP contribution in [0.15, 0.2) is 42.5 Å². The molecule has 3 aliphatic rings. The summed E-state index contributed by atoms with van der Waals surface area (Å²) >= 11 is 5.99. The molecule has 32 heavy (non-hydrogen) atoms. The summed E-state index contributed by atoms with van der Waals surface area (Å²) in [4.78, 5) is 40.7. The number of imide groups is 1. The van der Waals surface area contributed by atoms with E-state index in [2.05, 4.69) is 34.5 Å². The number of hydrogen-bond acceptors (Lipinski definition) is 4. The fourth-order valence-electron chi connectivity index (χ4n) is 5.12. The molecular weight excluding hydrogens is 426 g/mol. The fourth-order valence-corrected chi connectivity index (χ4v) is 5.25. The second kappa shape index (κ2) is 8.68. The number of carbonyl (C=O) groups excluding carboxylic acids is 3. The van der Waals surface area contributed by atoms with Gasteiger partial charge in [0.2, 0.25) is 11.8 Å². The molecule has 0 saturated carbocycles. The maximum atomic E-state index is 12.9. The smallest absolute Gasteiger partial charge is 0.255 e. The van der Waals surface area contributed by atoms with Crippen molar-refractivity contribution in [3.05, 3.63) is 69.7 Å². The van der Waals surface area contributed by atoms with Crippen LogP contribution in [0.3, 0.4) is 0 Å². The van der Waals surface area contributed by atoms with Gasteiger partial charge in [-0.05, 0) is 73.2 Å². The van der Waals surface area contributed by atoms with Crippen LogP contribution in [0, 0.1) is 0 Å². The van der Waals surface area contributed by atoms with E-state index < -0.39 is 6.04 Å². The normalized spacial score (nSPS) is 22.2. The van der Waals surface area contributed by atoms with E-state index in [0.717, 1.165) is 43.1 Å². The lowest BCUT2D eigenvalue weighted by molar-refractivity contribution is -0.136. The summed E-state index contributed by atoms with van der Waals surface area (Å²) in [6.07, 6.45) is 2.83. The molecule has 1 atom stereocenters. The van der Waals surface area contributed by atoms with Crippen LogP contribution >= 0.6 is 11.6 Å². The molecular formula is C25H26ClN3O3. The molecule has 0 spiro atoms. The standard InChI is InChI=1S/C25H26ClN3O3/c26-20-4-1-16(2-5-20)14-28-11-9-17(10-12-28)18-3-6-21-19(13-18)15-29(25(21)32)22-7-8-23(30)27-24(22)31/h1-6,13,17,22H,7-12,14-15H2,(H,27,30,31). The van der Waals surface area contributed by atoms with Gasteiger partial charge in [-0.2, -0.15) is 0 Å². The molecule has 0 aliphatic carbocycles. The Balaban J connectivity index is 1.22. The second-order valence-electron chi connectivity index (χ2n) is 8.99. The molecule has 2 aromatic rings. The summed E-state index contributed by atoms with van der Waals surface area (Å²) in [6, 6.07) is 13.6. The number of amides is 3. The zero-order chi connectivity index (χ0) is 22.2. The molecule has 6 nitrogen and oxygen atoms in total. The lowest BCUT2D eigenvalue weighted by atomic mass is 9.87. The first-order valence-corrected chi connectivity index (χ1v) is 11.6. The SMILES string of the molecule is O=C1CCC(N2Cc3cc(C4CCN(Cc5ccc(Cl)cc5)CC4)ccc3C2=O)C(=O)N1. The van der Waals surface area contributed by atoms with Crippen LogP contribution in [0.5, 0.6) is 0 Å². The number of likely N-dealkylation sites (tertiary alicyclic amines) is 1. The van der Waals surface area contributed by atoms with Crippen molar-refractivity contribution in [2.45, 2.75) is 50.7 Å². The maximum absolute atomic E-state index is 12.9. The van der Waals surface area contributed by atoms with Gasteiger partial charge in [0.15, 0.2) is 0 Å². The molecule has 3 amide bonds. The van der Waals surface area contributed by atoms with Crippen LogP contribution in [0.4, 0.5) is 0 Å². The summed E-state index contributed by atoms with van der Waals surface area (Å²) in [5, 5.41) is 3.12. The topological polar surface area (TPSA) is 69.7 Å². The van der Waals surface area contributed by atoms with Gasteiger partial charge in [-0.25, -0.2) is 0 Å². The van der Waals surface area contributed by atoms with Crippen molar-refractivity contribution in [3.63, 3.8) is 0 Å². The zero-order valence-electron chi connectivity index (χ0n) is 17.9. The van der Waals surface area contributed by atoms with Gasteiger partial charge in [-0.3, -0.25) is 24.6 Å². The quantitative estimate of drug-likeness (QED) is 0.722. The molecule has 5 rings (SSSR count). The van der Waals surface area contributed by atoms with Crippen LogP contribution < -0.4 is 5.32 Å². The molecule has 166 valence electrons. The highest BCUT2D eigenvalue weighted by atomic mass is 35.5. The number of hydrogen-bond donors (Lipinski definition) is 1. The van der Waals surface area contributed by atoms with Gasteiger partial charge in [0, 0.05) is 30.1 Å². The molecule has 0 radical (unpaired) electrons. The van der Waals surface area contributed by atoms with Crippen molar-refractivity contribution in [2.75, 3.05) is 13.1 Å². The van der Waals surface area contributed by atoms with E-state index in [4.69, 9.17) is 11.6 Å². The Hall–Kier alpha value is -2.70. The maximum Gasteiger partial charge on any atom is 0.255 e. The Morgan fingerprint density at radius 2 is 1.72 bits per heavy atom. The fraction of sp³-hybridized carbons (Fsp3) is 0.400. The first-order chi connectivity index (χ1) is 15.5. The van der Waals surface area contributed by atoms with Crippen molar-refractivity contribution < 1.29 is 14.4 Å². The Bertz CT molecular complexity index is 1060. The minimum absolute atomic E-state index is 0.112. The number of carbonyl (C=O) groups is 3. The number of benzene rings is 2. The molecule has 2 fully saturated rings. The Kier molecular flexibility index (Phi) is 5.74. The van der Waals surface area contributed by atoms with Crippen LogP contribution in [0.1, 0.15) is 58.6 Å². The summed E-state index contributed by atoms with van der Waals surface area (Å²) in [7, 11) is 0. The highest BCUT2D eigenvalue weighted by Gasteiger charge is 2.39. The van der Waals surface area contributed by atoms with Gasteiger partial charge in [0.25, 0.3) is 5.91 Å². The lowest BCUT2D eigenvalue weighted by Gasteiger charge is -2.32. The molecule has 1 unspecified atom stereocenters. The average molecular weight is 452 g/mol. The van der Waals surface area contributed by atoms with E-state index in [1.165, 1.54) is 11.1 Å². The van der Waals surface area contributed by atoms with Crippen molar-refractivity contribution in [1.29, 1.82) is 0 Å². The largest absolute Gasteiger partial charge is 0.322 e. The third-order valence-electron chi connectivity index (χ3n) is 6.93. The number of fused-ring (bicyclic) bond motifs is 1. The van der Waals surface area contributed by atoms with Gasteiger partial charge in [0.05, 0.1) is 0 Å². The summed E-state index contributed by atoms with van der Waals surface area (Å²) < 4.78 is 0. The first kappa shape index (κ1) is 21.2. The Morgan fingerprint density at radius 3 is 2.44 bits per heavy atom. The minimum atomic E-state index is -0.563. The summed E-state index contributed by atoms with van der Waals surface area (Å²) in [6.45, 7) is 3.44. The number of nitrogens with zero attached hydrogens (tertiary/aromatic N) is 2. The predicted molar refractivity (Wildman–Crippen MR) is 121 cm³/mol. The number of rotatable bonds is 4. The lowest BCUT2D eigenvalue weighted by Crippen LogP contribution is -2.52. The average Bonchev–Trinajstić information content (AvgIpc) is 3.11.